The minimum atomic E-state index is -1.35. The van der Waals surface area contributed by atoms with Gasteiger partial charge in [0.1, 0.15) is 18.1 Å². The fraction of sp³-hybridized carbons (Fsp3) is 0.688. The van der Waals surface area contributed by atoms with E-state index in [1.54, 1.807) is 13.8 Å². The zero-order chi connectivity index (χ0) is 22.0. The second kappa shape index (κ2) is 12.2. The van der Waals surface area contributed by atoms with Gasteiger partial charge in [0.2, 0.25) is 23.6 Å². The van der Waals surface area contributed by atoms with Crippen molar-refractivity contribution >= 4 is 42.2 Å². The van der Waals surface area contributed by atoms with Crippen LogP contribution in [-0.2, 0) is 24.0 Å². The molecule has 8 N–H and O–H groups in total. The fourth-order valence-electron chi connectivity index (χ4n) is 2.09. The third-order valence-corrected chi connectivity index (χ3v) is 4.14. The largest absolute Gasteiger partial charge is 0.480 e. The Kier molecular flexibility index (Phi) is 11.2. The van der Waals surface area contributed by atoms with E-state index in [0.29, 0.717) is 0 Å². The van der Waals surface area contributed by atoms with Gasteiger partial charge in [-0.15, -0.1) is 0 Å². The number of carbonyl (C=O) groups is 5. The predicted molar refractivity (Wildman–Crippen MR) is 104 cm³/mol. The molecule has 160 valence electrons. The van der Waals surface area contributed by atoms with E-state index >= 15 is 0 Å². The maximum Gasteiger partial charge on any atom is 0.326 e. The van der Waals surface area contributed by atoms with Gasteiger partial charge < -0.3 is 32.5 Å². The number of nitrogens with one attached hydrogen (secondary N) is 3. The summed E-state index contributed by atoms with van der Waals surface area (Å²) < 4.78 is 0. The van der Waals surface area contributed by atoms with E-state index in [1.807, 2.05) is 0 Å². The Labute approximate surface area is 168 Å². The average Bonchev–Trinajstić information content (AvgIpc) is 2.59. The van der Waals surface area contributed by atoms with Crippen LogP contribution >= 0.6 is 12.6 Å². The minimum Gasteiger partial charge on any atom is -0.480 e. The van der Waals surface area contributed by atoms with Gasteiger partial charge in [-0.1, -0.05) is 13.8 Å². The average molecular weight is 420 g/mol. The smallest absolute Gasteiger partial charge is 0.326 e. The second-order valence-corrected chi connectivity index (χ2v) is 7.03. The van der Waals surface area contributed by atoms with Gasteiger partial charge in [-0.2, -0.15) is 12.6 Å². The highest BCUT2D eigenvalue weighted by Crippen LogP contribution is 2.04. The molecule has 28 heavy (non-hydrogen) atoms. The van der Waals surface area contributed by atoms with E-state index in [9.17, 15) is 24.0 Å². The summed E-state index contributed by atoms with van der Waals surface area (Å²) in [5.41, 5.74) is 10.5. The molecule has 12 heteroatoms. The van der Waals surface area contributed by atoms with Crippen LogP contribution in [0.15, 0.2) is 0 Å². The molecule has 0 saturated carbocycles. The van der Waals surface area contributed by atoms with Crippen LogP contribution < -0.4 is 27.4 Å². The van der Waals surface area contributed by atoms with Crippen LogP contribution in [-0.4, -0.2) is 64.6 Å². The molecule has 0 bridgehead atoms. The number of thiol groups is 1. The molecule has 0 aliphatic rings. The van der Waals surface area contributed by atoms with Gasteiger partial charge in [0.05, 0.1) is 6.04 Å². The van der Waals surface area contributed by atoms with E-state index in [2.05, 4.69) is 28.6 Å². The number of amides is 4. The fourth-order valence-corrected chi connectivity index (χ4v) is 2.35. The highest BCUT2D eigenvalue weighted by Gasteiger charge is 2.30. The van der Waals surface area contributed by atoms with Gasteiger partial charge in [-0.05, 0) is 19.3 Å². The molecule has 0 aliphatic heterocycles. The molecule has 0 saturated heterocycles. The number of rotatable bonds is 12. The van der Waals surface area contributed by atoms with Crippen LogP contribution in [0.4, 0.5) is 0 Å². The maximum atomic E-state index is 12.5. The summed E-state index contributed by atoms with van der Waals surface area (Å²) in [6, 6.07) is -4.27. The quantitative estimate of drug-likeness (QED) is 0.173. The Balaban J connectivity index is 5.09. The van der Waals surface area contributed by atoms with Crippen LogP contribution in [0.3, 0.4) is 0 Å². The zero-order valence-corrected chi connectivity index (χ0v) is 17.0. The molecule has 4 atom stereocenters. The molecule has 4 unspecified atom stereocenters. The molecule has 11 nitrogen and oxygen atoms in total. The number of carbonyl (C=O) groups excluding carboxylic acids is 4. The number of carboxylic acid groups (broad SMARTS) is 1. The van der Waals surface area contributed by atoms with E-state index in [4.69, 9.17) is 16.6 Å². The van der Waals surface area contributed by atoms with Gasteiger partial charge in [0.15, 0.2) is 0 Å². The number of primary amides is 1. The summed E-state index contributed by atoms with van der Waals surface area (Å²) in [7, 11) is 0. The van der Waals surface area contributed by atoms with Crippen molar-refractivity contribution in [3.05, 3.63) is 0 Å². The summed E-state index contributed by atoms with van der Waals surface area (Å²) in [5.74, 6) is -4.42. The second-order valence-electron chi connectivity index (χ2n) is 6.67. The summed E-state index contributed by atoms with van der Waals surface area (Å²) in [6.07, 6.45) is -0.420. The lowest BCUT2D eigenvalue weighted by Crippen LogP contribution is -2.58. The topological polar surface area (TPSA) is 194 Å². The molecule has 0 heterocycles. The molecule has 0 radical (unpaired) electrons. The molecular formula is C16H29N5O6S. The molecule has 0 aromatic rings. The van der Waals surface area contributed by atoms with Gasteiger partial charge in [-0.3, -0.25) is 19.2 Å². The first-order chi connectivity index (χ1) is 12.9. The first-order valence-electron chi connectivity index (χ1n) is 8.69. The summed E-state index contributed by atoms with van der Waals surface area (Å²) >= 11 is 4.01. The highest BCUT2D eigenvalue weighted by atomic mass is 32.1. The predicted octanol–water partition coefficient (Wildman–Crippen LogP) is -2.28. The van der Waals surface area contributed by atoms with Gasteiger partial charge >= 0.3 is 5.97 Å². The molecule has 0 fully saturated rings. The SMILES string of the molecule is CC(N)C(=O)NC(C(=O)NC(CS)C(=O)NC(CCC(N)=O)C(=O)O)C(C)C. The number of hydrogen-bond donors (Lipinski definition) is 7. The summed E-state index contributed by atoms with van der Waals surface area (Å²) in [5, 5.41) is 16.3. The van der Waals surface area contributed by atoms with E-state index in [0.717, 1.165) is 0 Å². The molecule has 0 rings (SSSR count). The van der Waals surface area contributed by atoms with Crippen LogP contribution in [0.1, 0.15) is 33.6 Å². The van der Waals surface area contributed by atoms with Crippen molar-refractivity contribution in [2.24, 2.45) is 17.4 Å². The van der Waals surface area contributed by atoms with Crippen molar-refractivity contribution in [1.29, 1.82) is 0 Å². The molecule has 0 spiro atoms. The Bertz CT molecular complexity index is 598. The van der Waals surface area contributed by atoms with E-state index in [-0.39, 0.29) is 24.5 Å². The number of aliphatic carboxylic acids is 1. The molecule has 0 aromatic heterocycles. The van der Waals surface area contributed by atoms with Crippen molar-refractivity contribution < 1.29 is 29.1 Å². The van der Waals surface area contributed by atoms with Crippen molar-refractivity contribution in [1.82, 2.24) is 16.0 Å². The zero-order valence-electron chi connectivity index (χ0n) is 16.1. The van der Waals surface area contributed by atoms with Crippen LogP contribution in [0.2, 0.25) is 0 Å². The summed E-state index contributed by atoms with van der Waals surface area (Å²) in [4.78, 5) is 58.7. The Hall–Kier alpha value is -2.34. The molecule has 4 amide bonds. The van der Waals surface area contributed by atoms with Gasteiger partial charge in [-0.25, -0.2) is 4.79 Å². The Morgan fingerprint density at radius 3 is 1.86 bits per heavy atom. The number of nitrogens with two attached hydrogens (primary N) is 2. The minimum absolute atomic E-state index is 0.119. The number of hydrogen-bond acceptors (Lipinski definition) is 7. The van der Waals surface area contributed by atoms with E-state index in [1.165, 1.54) is 6.92 Å². The molecular weight excluding hydrogens is 390 g/mol. The Morgan fingerprint density at radius 1 is 0.929 bits per heavy atom. The van der Waals surface area contributed by atoms with Gasteiger partial charge in [0.25, 0.3) is 0 Å². The number of carboxylic acids is 1. The van der Waals surface area contributed by atoms with Crippen molar-refractivity contribution in [2.75, 3.05) is 5.75 Å². The van der Waals surface area contributed by atoms with Crippen LogP contribution in [0.25, 0.3) is 0 Å². The third kappa shape index (κ3) is 9.04. The normalized spacial score (nSPS) is 15.1. The Morgan fingerprint density at radius 2 is 1.46 bits per heavy atom. The third-order valence-electron chi connectivity index (χ3n) is 3.77. The molecule has 0 aromatic carbocycles. The van der Waals surface area contributed by atoms with Crippen LogP contribution in [0.5, 0.6) is 0 Å². The lowest BCUT2D eigenvalue weighted by atomic mass is 10.0. The monoisotopic (exact) mass is 419 g/mol. The molecule has 0 aliphatic carbocycles. The first-order valence-corrected chi connectivity index (χ1v) is 9.32. The standard InChI is InChI=1S/C16H29N5O6S/c1-7(2)12(21-13(23)8(3)17)15(25)20-10(6-28)14(24)19-9(16(26)27)4-5-11(18)22/h7-10,12,28H,4-6,17H2,1-3H3,(H2,18,22)(H,19,24)(H,20,25)(H,21,23)(H,26,27). The lowest BCUT2D eigenvalue weighted by molar-refractivity contribution is -0.142. The summed E-state index contributed by atoms with van der Waals surface area (Å²) in [6.45, 7) is 4.87. The van der Waals surface area contributed by atoms with Crippen LogP contribution in [0, 0.1) is 5.92 Å². The highest BCUT2D eigenvalue weighted by molar-refractivity contribution is 7.80. The van der Waals surface area contributed by atoms with Gasteiger partial charge in [0, 0.05) is 12.2 Å². The lowest BCUT2D eigenvalue weighted by Gasteiger charge is -2.26. The van der Waals surface area contributed by atoms with Crippen molar-refractivity contribution in [3.8, 4) is 0 Å². The first kappa shape index (κ1) is 25.7. The van der Waals surface area contributed by atoms with E-state index < -0.39 is 53.8 Å². The maximum absolute atomic E-state index is 12.5. The van der Waals surface area contributed by atoms with Crippen molar-refractivity contribution in [2.45, 2.75) is 57.8 Å². The van der Waals surface area contributed by atoms with Crippen molar-refractivity contribution in [3.63, 3.8) is 0 Å².